The zero-order valence-electron chi connectivity index (χ0n) is 11.2. The summed E-state index contributed by atoms with van der Waals surface area (Å²) >= 11 is 0. The topological polar surface area (TPSA) is 12.0 Å². The molecule has 17 heavy (non-hydrogen) atoms. The molecule has 1 nitrogen and oxygen atoms in total. The summed E-state index contributed by atoms with van der Waals surface area (Å²) < 4.78 is 0. The van der Waals surface area contributed by atoms with E-state index in [0.29, 0.717) is 12.1 Å². The number of fused-ring (bicyclic) bond motifs is 1. The lowest BCUT2D eigenvalue weighted by molar-refractivity contribution is 0.395. The standard InChI is InChI=1S/C16H25N/c1-3-14(4-2)17-16-12-8-6-10-13-9-5-7-11-15(13)16/h5,7,9,11,14,16-17H,3-4,6,8,10,12H2,1-2H3. The molecule has 0 saturated carbocycles. The van der Waals surface area contributed by atoms with Crippen LogP contribution in [0.5, 0.6) is 0 Å². The van der Waals surface area contributed by atoms with Gasteiger partial charge in [0.15, 0.2) is 0 Å². The molecule has 0 bridgehead atoms. The van der Waals surface area contributed by atoms with Crippen LogP contribution in [0.25, 0.3) is 0 Å². The van der Waals surface area contributed by atoms with E-state index in [1.165, 1.54) is 38.5 Å². The molecule has 1 N–H and O–H groups in total. The van der Waals surface area contributed by atoms with Crippen LogP contribution in [0.15, 0.2) is 24.3 Å². The Morgan fingerprint density at radius 3 is 2.71 bits per heavy atom. The van der Waals surface area contributed by atoms with Crippen LogP contribution < -0.4 is 5.32 Å². The van der Waals surface area contributed by atoms with Crippen molar-refractivity contribution < 1.29 is 0 Å². The molecular weight excluding hydrogens is 206 g/mol. The molecule has 1 heteroatoms. The molecule has 1 aromatic carbocycles. The Bertz CT molecular complexity index is 341. The summed E-state index contributed by atoms with van der Waals surface area (Å²) in [5.41, 5.74) is 3.12. The average Bonchev–Trinajstić information content (AvgIpc) is 2.58. The lowest BCUT2D eigenvalue weighted by Gasteiger charge is -2.25. The normalized spacial score (nSPS) is 20.1. The molecule has 0 amide bonds. The van der Waals surface area contributed by atoms with Crippen LogP contribution in [0, 0.1) is 0 Å². The molecule has 1 atom stereocenters. The second kappa shape index (κ2) is 6.20. The first-order valence-corrected chi connectivity index (χ1v) is 7.19. The summed E-state index contributed by atoms with van der Waals surface area (Å²) in [6, 6.07) is 10.2. The molecular formula is C16H25N. The van der Waals surface area contributed by atoms with Crippen molar-refractivity contribution in [3.63, 3.8) is 0 Å². The Morgan fingerprint density at radius 1 is 1.18 bits per heavy atom. The van der Waals surface area contributed by atoms with E-state index in [1.807, 2.05) is 0 Å². The fourth-order valence-electron chi connectivity index (χ4n) is 2.90. The maximum absolute atomic E-state index is 3.85. The third-order valence-electron chi connectivity index (χ3n) is 4.04. The Kier molecular flexibility index (Phi) is 4.61. The Balaban J connectivity index is 2.16. The summed E-state index contributed by atoms with van der Waals surface area (Å²) in [4.78, 5) is 0. The van der Waals surface area contributed by atoms with Crippen LogP contribution in [-0.2, 0) is 6.42 Å². The van der Waals surface area contributed by atoms with Crippen LogP contribution in [0.4, 0.5) is 0 Å². The first-order chi connectivity index (χ1) is 8.35. The van der Waals surface area contributed by atoms with E-state index in [0.717, 1.165) is 0 Å². The van der Waals surface area contributed by atoms with Crippen molar-refractivity contribution in [2.45, 2.75) is 64.5 Å². The van der Waals surface area contributed by atoms with Gasteiger partial charge in [0.25, 0.3) is 0 Å². The highest BCUT2D eigenvalue weighted by Crippen LogP contribution is 2.29. The van der Waals surface area contributed by atoms with E-state index in [4.69, 9.17) is 0 Å². The van der Waals surface area contributed by atoms with Crippen molar-refractivity contribution in [2.24, 2.45) is 0 Å². The van der Waals surface area contributed by atoms with Gasteiger partial charge in [0.1, 0.15) is 0 Å². The first kappa shape index (κ1) is 12.6. The van der Waals surface area contributed by atoms with Gasteiger partial charge in [-0.2, -0.15) is 0 Å². The van der Waals surface area contributed by atoms with Gasteiger partial charge in [-0.1, -0.05) is 44.5 Å². The Labute approximate surface area is 106 Å². The molecule has 0 spiro atoms. The molecule has 1 aliphatic rings. The summed E-state index contributed by atoms with van der Waals surface area (Å²) in [6.07, 6.45) is 7.72. The summed E-state index contributed by atoms with van der Waals surface area (Å²) in [7, 11) is 0. The van der Waals surface area contributed by atoms with Crippen molar-refractivity contribution >= 4 is 0 Å². The highest BCUT2D eigenvalue weighted by atomic mass is 14.9. The van der Waals surface area contributed by atoms with E-state index in [1.54, 1.807) is 11.1 Å². The van der Waals surface area contributed by atoms with Crippen LogP contribution >= 0.6 is 0 Å². The molecule has 1 aromatic rings. The van der Waals surface area contributed by atoms with Crippen molar-refractivity contribution in [3.8, 4) is 0 Å². The molecule has 0 saturated heterocycles. The minimum atomic E-state index is 0.582. The van der Waals surface area contributed by atoms with Crippen molar-refractivity contribution in [1.82, 2.24) is 5.32 Å². The number of hydrogen-bond donors (Lipinski definition) is 1. The molecule has 0 aromatic heterocycles. The van der Waals surface area contributed by atoms with Gasteiger partial charge >= 0.3 is 0 Å². The molecule has 0 heterocycles. The van der Waals surface area contributed by atoms with Crippen molar-refractivity contribution in [2.75, 3.05) is 0 Å². The smallest absolute Gasteiger partial charge is 0.0325 e. The van der Waals surface area contributed by atoms with Crippen LogP contribution in [-0.4, -0.2) is 6.04 Å². The van der Waals surface area contributed by atoms with Gasteiger partial charge < -0.3 is 5.32 Å². The van der Waals surface area contributed by atoms with Gasteiger partial charge in [-0.15, -0.1) is 0 Å². The predicted octanol–water partition coefficient (Wildman–Crippen LogP) is 4.23. The summed E-state index contributed by atoms with van der Waals surface area (Å²) in [5, 5.41) is 3.85. The van der Waals surface area contributed by atoms with E-state index in [9.17, 15) is 0 Å². The maximum Gasteiger partial charge on any atom is 0.0325 e. The third-order valence-corrected chi connectivity index (χ3v) is 4.04. The van der Waals surface area contributed by atoms with E-state index >= 15 is 0 Å². The lowest BCUT2D eigenvalue weighted by atomic mass is 9.97. The molecule has 1 unspecified atom stereocenters. The van der Waals surface area contributed by atoms with Gasteiger partial charge in [0, 0.05) is 12.1 Å². The Morgan fingerprint density at radius 2 is 1.94 bits per heavy atom. The second-order valence-corrected chi connectivity index (χ2v) is 5.18. The lowest BCUT2D eigenvalue weighted by Crippen LogP contribution is -2.32. The van der Waals surface area contributed by atoms with Crippen molar-refractivity contribution in [3.05, 3.63) is 35.4 Å². The van der Waals surface area contributed by atoms with Crippen LogP contribution in [0.3, 0.4) is 0 Å². The maximum atomic E-state index is 3.85. The minimum Gasteiger partial charge on any atom is -0.307 e. The van der Waals surface area contributed by atoms with Crippen LogP contribution in [0.2, 0.25) is 0 Å². The molecule has 1 aliphatic carbocycles. The SMILES string of the molecule is CCC(CC)NC1CCCCc2ccccc21. The van der Waals surface area contributed by atoms with E-state index < -0.39 is 0 Å². The van der Waals surface area contributed by atoms with Crippen LogP contribution in [0.1, 0.15) is 63.1 Å². The molecule has 0 aliphatic heterocycles. The second-order valence-electron chi connectivity index (χ2n) is 5.18. The summed E-state index contributed by atoms with van der Waals surface area (Å²) in [5.74, 6) is 0. The molecule has 94 valence electrons. The number of benzene rings is 1. The first-order valence-electron chi connectivity index (χ1n) is 7.19. The monoisotopic (exact) mass is 231 g/mol. The van der Waals surface area contributed by atoms with Gasteiger partial charge in [0.2, 0.25) is 0 Å². The molecule has 0 fully saturated rings. The fourth-order valence-corrected chi connectivity index (χ4v) is 2.90. The van der Waals surface area contributed by atoms with Gasteiger partial charge in [-0.25, -0.2) is 0 Å². The largest absolute Gasteiger partial charge is 0.307 e. The average molecular weight is 231 g/mol. The zero-order chi connectivity index (χ0) is 12.1. The highest BCUT2D eigenvalue weighted by molar-refractivity contribution is 5.31. The van der Waals surface area contributed by atoms with Gasteiger partial charge in [-0.05, 0) is 43.2 Å². The van der Waals surface area contributed by atoms with Crippen molar-refractivity contribution in [1.29, 1.82) is 0 Å². The number of nitrogens with one attached hydrogen (secondary N) is 1. The Hall–Kier alpha value is -0.820. The minimum absolute atomic E-state index is 0.582. The third kappa shape index (κ3) is 3.10. The quantitative estimate of drug-likeness (QED) is 0.765. The van der Waals surface area contributed by atoms with Gasteiger partial charge in [0.05, 0.1) is 0 Å². The predicted molar refractivity (Wildman–Crippen MR) is 74.2 cm³/mol. The fraction of sp³-hybridized carbons (Fsp3) is 0.625. The molecule has 2 rings (SSSR count). The highest BCUT2D eigenvalue weighted by Gasteiger charge is 2.19. The zero-order valence-corrected chi connectivity index (χ0v) is 11.2. The van der Waals surface area contributed by atoms with E-state index in [-0.39, 0.29) is 0 Å². The van der Waals surface area contributed by atoms with E-state index in [2.05, 4.69) is 43.4 Å². The van der Waals surface area contributed by atoms with Gasteiger partial charge in [-0.3, -0.25) is 0 Å². The number of aryl methyl sites for hydroxylation is 1. The number of rotatable bonds is 4. The summed E-state index contributed by atoms with van der Waals surface area (Å²) in [6.45, 7) is 4.56. The number of hydrogen-bond acceptors (Lipinski definition) is 1. The molecule has 0 radical (unpaired) electrons.